The number of halogens is 2. The van der Waals surface area contributed by atoms with Gasteiger partial charge in [0.2, 0.25) is 11.8 Å². The Hall–Kier alpha value is -1.69. The van der Waals surface area contributed by atoms with E-state index in [0.717, 1.165) is 5.75 Å². The largest absolute Gasteiger partial charge is 0.350 e. The third-order valence-electron chi connectivity index (χ3n) is 5.02. The first-order chi connectivity index (χ1) is 15.0. The van der Waals surface area contributed by atoms with Crippen molar-refractivity contribution in [2.75, 3.05) is 5.75 Å². The molecular formula is C25H32Cl2N2O2S. The number of rotatable bonds is 9. The predicted octanol–water partition coefficient (Wildman–Crippen LogP) is 6.26. The number of benzene rings is 2. The molecule has 32 heavy (non-hydrogen) atoms. The Morgan fingerprint density at radius 2 is 1.69 bits per heavy atom. The minimum absolute atomic E-state index is 0.115. The highest BCUT2D eigenvalue weighted by Gasteiger charge is 2.31. The first kappa shape index (κ1) is 26.6. The van der Waals surface area contributed by atoms with Crippen molar-refractivity contribution in [2.24, 2.45) is 0 Å². The zero-order valence-corrected chi connectivity index (χ0v) is 21.7. The van der Waals surface area contributed by atoms with Gasteiger partial charge in [0.25, 0.3) is 0 Å². The van der Waals surface area contributed by atoms with Gasteiger partial charge in [0.15, 0.2) is 0 Å². The molecule has 1 atom stereocenters. The van der Waals surface area contributed by atoms with Gasteiger partial charge in [0.05, 0.1) is 5.75 Å². The van der Waals surface area contributed by atoms with Gasteiger partial charge in [-0.1, -0.05) is 60.5 Å². The number of carbonyl (C=O) groups is 2. The van der Waals surface area contributed by atoms with Crippen LogP contribution in [0.2, 0.25) is 10.0 Å². The van der Waals surface area contributed by atoms with Crippen LogP contribution < -0.4 is 5.32 Å². The van der Waals surface area contributed by atoms with E-state index in [-0.39, 0.29) is 24.1 Å². The molecule has 7 heteroatoms. The fourth-order valence-electron chi connectivity index (χ4n) is 3.33. The number of carbonyl (C=O) groups excluding carboxylic acids is 2. The van der Waals surface area contributed by atoms with Crippen LogP contribution in [0.4, 0.5) is 0 Å². The lowest BCUT2D eigenvalue weighted by Crippen LogP contribution is -2.53. The maximum atomic E-state index is 13.4. The first-order valence-electron chi connectivity index (χ1n) is 10.7. The number of nitrogens with one attached hydrogen (secondary N) is 1. The van der Waals surface area contributed by atoms with Gasteiger partial charge in [0.1, 0.15) is 6.04 Å². The van der Waals surface area contributed by atoms with Crippen molar-refractivity contribution in [3.8, 4) is 0 Å². The fraction of sp³-hybridized carbons (Fsp3) is 0.440. The van der Waals surface area contributed by atoms with Crippen LogP contribution in [-0.4, -0.2) is 34.0 Å². The number of aryl methyl sites for hydroxylation is 1. The Bertz CT molecular complexity index is 924. The lowest BCUT2D eigenvalue weighted by Gasteiger charge is -2.33. The van der Waals surface area contributed by atoms with Crippen molar-refractivity contribution in [3.05, 3.63) is 69.2 Å². The Morgan fingerprint density at radius 1 is 1.06 bits per heavy atom. The second kappa shape index (κ2) is 12.0. The predicted molar refractivity (Wildman–Crippen MR) is 136 cm³/mol. The second-order valence-corrected chi connectivity index (χ2v) is 10.6. The molecule has 0 radical (unpaired) electrons. The first-order valence-corrected chi connectivity index (χ1v) is 12.6. The van der Waals surface area contributed by atoms with Crippen molar-refractivity contribution in [3.63, 3.8) is 0 Å². The Labute approximate surface area is 206 Å². The summed E-state index contributed by atoms with van der Waals surface area (Å²) < 4.78 is 0. The molecule has 2 rings (SSSR count). The Kier molecular flexibility index (Phi) is 9.93. The van der Waals surface area contributed by atoms with E-state index in [4.69, 9.17) is 23.2 Å². The van der Waals surface area contributed by atoms with E-state index in [1.807, 2.05) is 39.8 Å². The van der Waals surface area contributed by atoms with Crippen LogP contribution in [0.25, 0.3) is 0 Å². The second-order valence-electron chi connectivity index (χ2n) is 8.80. The summed E-state index contributed by atoms with van der Waals surface area (Å²) in [5.41, 5.74) is 2.64. The van der Waals surface area contributed by atoms with Crippen molar-refractivity contribution in [1.82, 2.24) is 10.2 Å². The van der Waals surface area contributed by atoms with Gasteiger partial charge in [-0.2, -0.15) is 0 Å². The maximum Gasteiger partial charge on any atom is 0.243 e. The molecule has 0 spiro atoms. The average molecular weight is 496 g/mol. The van der Waals surface area contributed by atoms with Crippen LogP contribution in [0, 0.1) is 6.92 Å². The summed E-state index contributed by atoms with van der Waals surface area (Å²) in [5, 5.41) is 3.97. The van der Waals surface area contributed by atoms with E-state index in [2.05, 4.69) is 24.4 Å². The smallest absolute Gasteiger partial charge is 0.243 e. The van der Waals surface area contributed by atoms with Gasteiger partial charge in [-0.25, -0.2) is 0 Å². The van der Waals surface area contributed by atoms with Crippen LogP contribution in [0.15, 0.2) is 42.5 Å². The lowest BCUT2D eigenvalue weighted by atomic mass is 10.1. The molecule has 0 saturated heterocycles. The number of hydrogen-bond donors (Lipinski definition) is 1. The highest BCUT2D eigenvalue weighted by atomic mass is 35.5. The van der Waals surface area contributed by atoms with E-state index >= 15 is 0 Å². The highest BCUT2D eigenvalue weighted by molar-refractivity contribution is 7.99. The monoisotopic (exact) mass is 494 g/mol. The third-order valence-corrected chi connectivity index (χ3v) is 6.69. The number of nitrogens with zero attached hydrogens (tertiary/aromatic N) is 1. The van der Waals surface area contributed by atoms with Gasteiger partial charge in [-0.15, -0.1) is 11.8 Å². The molecule has 0 bridgehead atoms. The van der Waals surface area contributed by atoms with Crippen molar-refractivity contribution in [1.29, 1.82) is 0 Å². The van der Waals surface area contributed by atoms with Gasteiger partial charge in [-0.3, -0.25) is 9.59 Å². The van der Waals surface area contributed by atoms with Crippen molar-refractivity contribution < 1.29 is 9.59 Å². The number of thioether (sulfide) groups is 1. The van der Waals surface area contributed by atoms with Crippen LogP contribution in [-0.2, 0) is 21.9 Å². The molecule has 2 amide bonds. The topological polar surface area (TPSA) is 49.4 Å². The van der Waals surface area contributed by atoms with E-state index < -0.39 is 11.6 Å². The van der Waals surface area contributed by atoms with E-state index in [9.17, 15) is 9.59 Å². The number of hydrogen-bond acceptors (Lipinski definition) is 3. The molecule has 0 unspecified atom stereocenters. The third kappa shape index (κ3) is 7.72. The van der Waals surface area contributed by atoms with E-state index in [1.165, 1.54) is 22.9 Å². The fourth-order valence-corrected chi connectivity index (χ4v) is 4.83. The minimum Gasteiger partial charge on any atom is -0.350 e. The summed E-state index contributed by atoms with van der Waals surface area (Å²) in [6.07, 6.45) is 0.484. The Balaban J connectivity index is 2.24. The molecule has 0 fully saturated rings. The molecule has 1 N–H and O–H groups in total. The Morgan fingerprint density at radius 3 is 2.25 bits per heavy atom. The number of amides is 2. The van der Waals surface area contributed by atoms with Crippen LogP contribution in [0.3, 0.4) is 0 Å². The summed E-state index contributed by atoms with van der Waals surface area (Å²) >= 11 is 14.3. The van der Waals surface area contributed by atoms with E-state index in [0.29, 0.717) is 22.0 Å². The van der Waals surface area contributed by atoms with Crippen LogP contribution in [0.5, 0.6) is 0 Å². The summed E-state index contributed by atoms with van der Waals surface area (Å²) in [5.74, 6) is 0.690. The van der Waals surface area contributed by atoms with E-state index in [1.54, 1.807) is 23.1 Å². The average Bonchev–Trinajstić information content (AvgIpc) is 2.70. The molecular weight excluding hydrogens is 463 g/mol. The molecule has 0 aliphatic carbocycles. The quantitative estimate of drug-likeness (QED) is 0.447. The SMILES string of the molecule is CC[C@@H](C(=O)NC(C)(C)C)N(Cc1c(Cl)cccc1Cl)C(=O)CSCc1ccccc1C. The molecule has 0 aliphatic rings. The van der Waals surface area contributed by atoms with Crippen LogP contribution in [0.1, 0.15) is 50.8 Å². The zero-order valence-electron chi connectivity index (χ0n) is 19.4. The normalized spacial score (nSPS) is 12.3. The summed E-state index contributed by atoms with van der Waals surface area (Å²) in [4.78, 5) is 28.0. The molecule has 0 saturated carbocycles. The summed E-state index contributed by atoms with van der Waals surface area (Å²) in [6.45, 7) is 9.92. The maximum absolute atomic E-state index is 13.4. The van der Waals surface area contributed by atoms with Gasteiger partial charge >= 0.3 is 0 Å². The standard InChI is InChI=1S/C25H32Cl2N2O2S/c1-6-22(24(31)28-25(3,4)5)29(14-19-20(26)12-9-13-21(19)27)23(30)16-32-15-18-11-8-7-10-17(18)2/h7-13,22H,6,14-16H2,1-5H3,(H,28,31)/t22-/m0/s1. The molecule has 0 aliphatic heterocycles. The molecule has 0 aromatic heterocycles. The molecule has 2 aromatic rings. The molecule has 174 valence electrons. The molecule has 2 aromatic carbocycles. The lowest BCUT2D eigenvalue weighted by molar-refractivity contribution is -0.140. The van der Waals surface area contributed by atoms with Gasteiger partial charge < -0.3 is 10.2 Å². The molecule has 0 heterocycles. The van der Waals surface area contributed by atoms with Gasteiger partial charge in [0, 0.05) is 33.4 Å². The summed E-state index contributed by atoms with van der Waals surface area (Å²) in [6, 6.07) is 12.8. The van der Waals surface area contributed by atoms with Crippen molar-refractivity contribution in [2.45, 2.75) is 64.9 Å². The zero-order chi connectivity index (χ0) is 23.9. The summed E-state index contributed by atoms with van der Waals surface area (Å²) in [7, 11) is 0. The van der Waals surface area contributed by atoms with Crippen LogP contribution >= 0.6 is 35.0 Å². The molecule has 4 nitrogen and oxygen atoms in total. The van der Waals surface area contributed by atoms with Crippen molar-refractivity contribution >= 4 is 46.8 Å². The van der Waals surface area contributed by atoms with Gasteiger partial charge in [-0.05, 0) is 57.4 Å². The minimum atomic E-state index is -0.617. The highest BCUT2D eigenvalue weighted by Crippen LogP contribution is 2.28.